The van der Waals surface area contributed by atoms with Gasteiger partial charge in [-0.2, -0.15) is 8.78 Å². The minimum Gasteiger partial charge on any atom is -0.429 e. The van der Waals surface area contributed by atoms with Gasteiger partial charge in [0.2, 0.25) is 0 Å². The van der Waals surface area contributed by atoms with Crippen molar-refractivity contribution in [3.8, 4) is 28.0 Å². The molecule has 0 amide bonds. The molecule has 45 heavy (non-hydrogen) atoms. The molecule has 0 N–H and O–H groups in total. The third-order valence-corrected chi connectivity index (χ3v) is 7.28. The van der Waals surface area contributed by atoms with Crippen LogP contribution in [0, 0.1) is 40.8 Å². The van der Waals surface area contributed by atoms with Crippen LogP contribution in [0.3, 0.4) is 0 Å². The lowest BCUT2D eigenvalue weighted by Crippen LogP contribution is -2.27. The maximum Gasteiger partial charge on any atom is 0.429 e. The van der Waals surface area contributed by atoms with Crippen LogP contribution in [0.4, 0.5) is 35.1 Å². The molecule has 0 spiro atoms. The van der Waals surface area contributed by atoms with Crippen LogP contribution in [0.5, 0.6) is 5.75 Å². The SMILES string of the molecule is C/C=C/CCC1COC(c2ccc(-c3ccc(C(F)(F)Oc4ccc(-c5cc(F)c(F)c(F)c5)c(F)c4)c(F)c3)c(F)c2)OC1. The molecule has 0 saturated carbocycles. The number of rotatable bonds is 9. The third kappa shape index (κ3) is 7.20. The summed E-state index contributed by atoms with van der Waals surface area (Å²) in [6.07, 6.45) is 0.727. The van der Waals surface area contributed by atoms with E-state index < -0.39 is 64.2 Å². The van der Waals surface area contributed by atoms with Crippen molar-refractivity contribution >= 4 is 0 Å². The van der Waals surface area contributed by atoms with Crippen LogP contribution >= 0.6 is 0 Å². The molecule has 236 valence electrons. The highest BCUT2D eigenvalue weighted by molar-refractivity contribution is 5.66. The lowest BCUT2D eigenvalue weighted by molar-refractivity contribution is -0.205. The minimum atomic E-state index is -4.30. The zero-order valence-corrected chi connectivity index (χ0v) is 23.7. The first-order valence-corrected chi connectivity index (χ1v) is 13.9. The van der Waals surface area contributed by atoms with Crippen molar-refractivity contribution in [3.63, 3.8) is 0 Å². The summed E-state index contributed by atoms with van der Waals surface area (Å²) in [6, 6.07) is 9.96. The maximum absolute atomic E-state index is 15.1. The van der Waals surface area contributed by atoms with Crippen molar-refractivity contribution in [2.45, 2.75) is 32.2 Å². The summed E-state index contributed by atoms with van der Waals surface area (Å²) in [7, 11) is 0. The summed E-state index contributed by atoms with van der Waals surface area (Å²) >= 11 is 0. The number of hydrogen-bond donors (Lipinski definition) is 0. The standard InChI is InChI=1S/C34H26F8O3/c1-2-3-4-5-19-17-43-33(44-18-19)21-6-9-24(27(35)13-21)20-7-11-26(29(37)12-20)34(41,42)45-23-8-10-25(28(36)16-23)22-14-30(38)32(40)31(39)15-22/h2-3,6-16,19,33H,4-5,17-18H2,1H3/b3-2+. The molecule has 0 aromatic heterocycles. The molecule has 1 fully saturated rings. The molecule has 1 aliphatic heterocycles. The Balaban J connectivity index is 1.28. The van der Waals surface area contributed by atoms with Gasteiger partial charge in [0, 0.05) is 28.7 Å². The molecule has 1 heterocycles. The van der Waals surface area contributed by atoms with Crippen molar-refractivity contribution in [3.05, 3.63) is 125 Å². The van der Waals surface area contributed by atoms with Gasteiger partial charge in [-0.15, -0.1) is 0 Å². The lowest BCUT2D eigenvalue weighted by Gasteiger charge is -2.29. The van der Waals surface area contributed by atoms with Gasteiger partial charge in [-0.05, 0) is 73.4 Å². The highest BCUT2D eigenvalue weighted by Gasteiger charge is 2.38. The van der Waals surface area contributed by atoms with Gasteiger partial charge >= 0.3 is 6.11 Å². The van der Waals surface area contributed by atoms with Gasteiger partial charge in [-0.1, -0.05) is 30.4 Å². The van der Waals surface area contributed by atoms with Gasteiger partial charge in [-0.3, -0.25) is 0 Å². The van der Waals surface area contributed by atoms with Crippen LogP contribution in [-0.2, 0) is 15.6 Å². The largest absolute Gasteiger partial charge is 0.429 e. The van der Waals surface area contributed by atoms with Crippen LogP contribution in [-0.4, -0.2) is 13.2 Å². The Morgan fingerprint density at radius 2 is 1.36 bits per heavy atom. The van der Waals surface area contributed by atoms with E-state index >= 15 is 4.39 Å². The van der Waals surface area contributed by atoms with E-state index in [1.807, 2.05) is 13.0 Å². The number of ether oxygens (including phenoxy) is 3. The first-order valence-electron chi connectivity index (χ1n) is 13.9. The fourth-order valence-electron chi connectivity index (χ4n) is 4.94. The topological polar surface area (TPSA) is 27.7 Å². The Morgan fingerprint density at radius 3 is 1.98 bits per heavy atom. The van der Waals surface area contributed by atoms with Gasteiger partial charge < -0.3 is 14.2 Å². The molecule has 5 rings (SSSR count). The summed E-state index contributed by atoms with van der Waals surface area (Å²) in [5.41, 5.74) is -1.68. The lowest BCUT2D eigenvalue weighted by atomic mass is 10.00. The van der Waals surface area contributed by atoms with Gasteiger partial charge in [0.15, 0.2) is 23.7 Å². The second kappa shape index (κ2) is 13.4. The number of alkyl halides is 2. The van der Waals surface area contributed by atoms with Gasteiger partial charge in [0.25, 0.3) is 0 Å². The summed E-state index contributed by atoms with van der Waals surface area (Å²) < 4.78 is 131. The molecule has 0 bridgehead atoms. The van der Waals surface area contributed by atoms with Crippen LogP contribution in [0.1, 0.15) is 37.2 Å². The summed E-state index contributed by atoms with van der Waals surface area (Å²) in [5.74, 6) is -8.78. The van der Waals surface area contributed by atoms with Gasteiger partial charge in [0.1, 0.15) is 23.2 Å². The van der Waals surface area contributed by atoms with E-state index in [9.17, 15) is 30.7 Å². The Bertz CT molecular complexity index is 1690. The van der Waals surface area contributed by atoms with Crippen molar-refractivity contribution in [1.82, 2.24) is 0 Å². The number of benzene rings is 4. The fraction of sp³-hybridized carbons (Fsp3) is 0.235. The van der Waals surface area contributed by atoms with Crippen molar-refractivity contribution in [2.24, 2.45) is 5.92 Å². The van der Waals surface area contributed by atoms with E-state index in [2.05, 4.69) is 10.8 Å². The average molecular weight is 635 g/mol. The second-order valence-corrected chi connectivity index (χ2v) is 10.5. The van der Waals surface area contributed by atoms with Gasteiger partial charge in [0.05, 0.1) is 18.8 Å². The van der Waals surface area contributed by atoms with E-state index in [1.165, 1.54) is 12.1 Å². The van der Waals surface area contributed by atoms with Gasteiger partial charge in [-0.25, -0.2) is 26.3 Å². The quantitative estimate of drug-likeness (QED) is 0.104. The monoisotopic (exact) mass is 634 g/mol. The van der Waals surface area contributed by atoms with Crippen LogP contribution < -0.4 is 4.74 Å². The van der Waals surface area contributed by atoms with Crippen molar-refractivity contribution in [1.29, 1.82) is 0 Å². The van der Waals surface area contributed by atoms with E-state index in [-0.39, 0.29) is 22.6 Å². The predicted molar refractivity (Wildman–Crippen MR) is 150 cm³/mol. The maximum atomic E-state index is 15.1. The highest BCUT2D eigenvalue weighted by Crippen LogP contribution is 2.38. The number of hydrogen-bond acceptors (Lipinski definition) is 3. The normalized spacial score (nSPS) is 17.2. The summed E-state index contributed by atoms with van der Waals surface area (Å²) in [4.78, 5) is 0. The molecule has 1 saturated heterocycles. The van der Waals surface area contributed by atoms with Crippen molar-refractivity contribution in [2.75, 3.05) is 13.2 Å². The molecular weight excluding hydrogens is 608 g/mol. The number of allylic oxidation sites excluding steroid dienone is 2. The molecule has 0 radical (unpaired) electrons. The highest BCUT2D eigenvalue weighted by atomic mass is 19.3. The molecule has 1 aliphatic rings. The van der Waals surface area contributed by atoms with E-state index in [0.717, 1.165) is 37.1 Å². The minimum absolute atomic E-state index is 0.0280. The van der Waals surface area contributed by atoms with Crippen LogP contribution in [0.2, 0.25) is 0 Å². The Morgan fingerprint density at radius 1 is 0.733 bits per heavy atom. The average Bonchev–Trinajstić information content (AvgIpc) is 3.00. The second-order valence-electron chi connectivity index (χ2n) is 10.5. The fourth-order valence-corrected chi connectivity index (χ4v) is 4.94. The van der Waals surface area contributed by atoms with Crippen LogP contribution in [0.25, 0.3) is 22.3 Å². The molecule has 0 atom stereocenters. The summed E-state index contributed by atoms with van der Waals surface area (Å²) in [6.45, 7) is 2.83. The zero-order valence-electron chi connectivity index (χ0n) is 23.7. The van der Waals surface area contributed by atoms with E-state index in [0.29, 0.717) is 43.0 Å². The van der Waals surface area contributed by atoms with Crippen LogP contribution in [0.15, 0.2) is 78.9 Å². The molecule has 0 aliphatic carbocycles. The third-order valence-electron chi connectivity index (χ3n) is 7.28. The molecule has 11 heteroatoms. The molecular formula is C34H26F8O3. The first-order chi connectivity index (χ1) is 21.5. The Hall–Kier alpha value is -4.22. The first kappa shape index (κ1) is 32.2. The van der Waals surface area contributed by atoms with E-state index in [4.69, 9.17) is 9.47 Å². The molecule has 4 aromatic carbocycles. The Kier molecular flexibility index (Phi) is 9.59. The summed E-state index contributed by atoms with van der Waals surface area (Å²) in [5, 5.41) is 0. The van der Waals surface area contributed by atoms with Crippen molar-refractivity contribution < 1.29 is 49.3 Å². The molecule has 3 nitrogen and oxygen atoms in total. The smallest absolute Gasteiger partial charge is 0.429 e. The van der Waals surface area contributed by atoms with E-state index in [1.54, 1.807) is 6.07 Å². The number of halogens is 8. The molecule has 4 aromatic rings. The molecule has 0 unspecified atom stereocenters. The zero-order chi connectivity index (χ0) is 32.3. The Labute approximate surface area is 253 Å². The predicted octanol–water partition coefficient (Wildman–Crippen LogP) is 10.0.